The Hall–Kier alpha value is -2.65. The molecule has 3 aromatic rings. The second kappa shape index (κ2) is 6.00. The first-order valence-corrected chi connectivity index (χ1v) is 7.12. The molecule has 3 nitrogen and oxygen atoms in total. The van der Waals surface area contributed by atoms with Crippen molar-refractivity contribution in [3.05, 3.63) is 77.6 Å². The number of pyridine rings is 1. The van der Waals surface area contributed by atoms with E-state index in [1.165, 1.54) is 0 Å². The number of nitrogens with two attached hydrogens (primary N) is 1. The van der Waals surface area contributed by atoms with E-state index in [-0.39, 0.29) is 0 Å². The van der Waals surface area contributed by atoms with Gasteiger partial charge in [-0.05, 0) is 41.5 Å². The number of rotatable bonds is 3. The van der Waals surface area contributed by atoms with Gasteiger partial charge in [0.15, 0.2) is 0 Å². The van der Waals surface area contributed by atoms with Gasteiger partial charge < -0.3 is 5.73 Å². The minimum atomic E-state index is -0.431. The maximum absolute atomic E-state index is 11.1. The normalized spacial score (nSPS) is 10.4. The van der Waals surface area contributed by atoms with Crippen LogP contribution in [0.1, 0.15) is 10.4 Å². The summed E-state index contributed by atoms with van der Waals surface area (Å²) in [4.78, 5) is 15.4. The first kappa shape index (κ1) is 14.3. The SMILES string of the molecule is NC(=O)c1ccc(-c2cncc(-c3ccc(Cl)cc3)c2)cc1. The van der Waals surface area contributed by atoms with Crippen LogP contribution < -0.4 is 5.73 Å². The van der Waals surface area contributed by atoms with Crippen molar-refractivity contribution < 1.29 is 4.79 Å². The molecular weight excluding hydrogens is 296 g/mol. The molecule has 108 valence electrons. The van der Waals surface area contributed by atoms with E-state index in [1.807, 2.05) is 42.6 Å². The van der Waals surface area contributed by atoms with Crippen LogP contribution in [-0.2, 0) is 0 Å². The van der Waals surface area contributed by atoms with Crippen molar-refractivity contribution in [2.45, 2.75) is 0 Å². The van der Waals surface area contributed by atoms with Gasteiger partial charge >= 0.3 is 0 Å². The number of amides is 1. The zero-order chi connectivity index (χ0) is 15.5. The van der Waals surface area contributed by atoms with Crippen molar-refractivity contribution in [1.29, 1.82) is 0 Å². The monoisotopic (exact) mass is 308 g/mol. The molecule has 0 bridgehead atoms. The van der Waals surface area contributed by atoms with Crippen LogP contribution in [0.15, 0.2) is 67.0 Å². The molecule has 0 aliphatic rings. The topological polar surface area (TPSA) is 56.0 Å². The first-order valence-electron chi connectivity index (χ1n) is 6.75. The minimum Gasteiger partial charge on any atom is -0.366 e. The molecule has 0 unspecified atom stereocenters. The van der Waals surface area contributed by atoms with Gasteiger partial charge in [0, 0.05) is 34.1 Å². The Morgan fingerprint density at radius 2 is 1.32 bits per heavy atom. The Kier molecular flexibility index (Phi) is 3.90. The van der Waals surface area contributed by atoms with Gasteiger partial charge in [0.1, 0.15) is 0 Å². The van der Waals surface area contributed by atoms with Gasteiger partial charge in [0.25, 0.3) is 0 Å². The van der Waals surface area contributed by atoms with Crippen molar-refractivity contribution in [3.8, 4) is 22.3 Å². The lowest BCUT2D eigenvalue weighted by atomic mass is 10.0. The van der Waals surface area contributed by atoms with Gasteiger partial charge in [-0.2, -0.15) is 0 Å². The van der Waals surface area contributed by atoms with E-state index in [0.29, 0.717) is 10.6 Å². The molecule has 0 saturated carbocycles. The fourth-order valence-electron chi connectivity index (χ4n) is 2.22. The second-order valence-corrected chi connectivity index (χ2v) is 5.35. The Balaban J connectivity index is 1.97. The molecule has 4 heteroatoms. The van der Waals surface area contributed by atoms with Crippen molar-refractivity contribution >= 4 is 17.5 Å². The summed E-state index contributed by atoms with van der Waals surface area (Å²) in [6.45, 7) is 0. The molecule has 0 aliphatic carbocycles. The molecule has 0 radical (unpaired) electrons. The summed E-state index contributed by atoms with van der Waals surface area (Å²) in [6, 6.07) is 16.8. The highest BCUT2D eigenvalue weighted by atomic mass is 35.5. The zero-order valence-corrected chi connectivity index (χ0v) is 12.4. The summed E-state index contributed by atoms with van der Waals surface area (Å²) in [7, 11) is 0. The Morgan fingerprint density at radius 3 is 1.82 bits per heavy atom. The summed E-state index contributed by atoms with van der Waals surface area (Å²) in [5.74, 6) is -0.431. The average molecular weight is 309 g/mol. The lowest BCUT2D eigenvalue weighted by Crippen LogP contribution is -2.10. The van der Waals surface area contributed by atoms with Gasteiger partial charge in [-0.1, -0.05) is 35.9 Å². The quantitative estimate of drug-likeness (QED) is 0.789. The van der Waals surface area contributed by atoms with E-state index >= 15 is 0 Å². The average Bonchev–Trinajstić information content (AvgIpc) is 2.56. The second-order valence-electron chi connectivity index (χ2n) is 4.91. The summed E-state index contributed by atoms with van der Waals surface area (Å²) in [5.41, 5.74) is 9.76. The van der Waals surface area contributed by atoms with E-state index < -0.39 is 5.91 Å². The van der Waals surface area contributed by atoms with Crippen LogP contribution in [0.5, 0.6) is 0 Å². The standard InChI is InChI=1S/C18H13ClN2O/c19-17-7-5-13(6-8-17)16-9-15(10-21-11-16)12-1-3-14(4-2-12)18(20)22/h1-11H,(H2,20,22). The number of benzene rings is 2. The van der Waals surface area contributed by atoms with Crippen molar-refractivity contribution in [2.24, 2.45) is 5.73 Å². The summed E-state index contributed by atoms with van der Waals surface area (Å²) in [6.07, 6.45) is 3.60. The van der Waals surface area contributed by atoms with Crippen LogP contribution >= 0.6 is 11.6 Å². The van der Waals surface area contributed by atoms with Crippen LogP contribution in [-0.4, -0.2) is 10.9 Å². The van der Waals surface area contributed by atoms with E-state index in [1.54, 1.807) is 18.3 Å². The molecule has 0 aliphatic heterocycles. The highest BCUT2D eigenvalue weighted by Gasteiger charge is 2.04. The molecular formula is C18H13ClN2O. The first-order chi connectivity index (χ1) is 10.6. The lowest BCUT2D eigenvalue weighted by molar-refractivity contribution is 0.100. The van der Waals surface area contributed by atoms with Gasteiger partial charge in [-0.25, -0.2) is 0 Å². The number of halogens is 1. The molecule has 1 aromatic heterocycles. The molecule has 22 heavy (non-hydrogen) atoms. The van der Waals surface area contributed by atoms with Gasteiger partial charge in [-0.15, -0.1) is 0 Å². The fraction of sp³-hybridized carbons (Fsp3) is 0. The predicted molar refractivity (Wildman–Crippen MR) is 88.6 cm³/mol. The molecule has 2 N–H and O–H groups in total. The maximum Gasteiger partial charge on any atom is 0.248 e. The third kappa shape index (κ3) is 3.00. The molecule has 0 fully saturated rings. The molecule has 2 aromatic carbocycles. The van der Waals surface area contributed by atoms with Crippen molar-refractivity contribution in [2.75, 3.05) is 0 Å². The summed E-state index contributed by atoms with van der Waals surface area (Å²) < 4.78 is 0. The fourth-order valence-corrected chi connectivity index (χ4v) is 2.35. The van der Waals surface area contributed by atoms with E-state index in [4.69, 9.17) is 17.3 Å². The minimum absolute atomic E-state index is 0.431. The number of carbonyl (C=O) groups excluding carboxylic acids is 1. The number of aromatic nitrogens is 1. The van der Waals surface area contributed by atoms with Crippen LogP contribution in [0.3, 0.4) is 0 Å². The van der Waals surface area contributed by atoms with Crippen molar-refractivity contribution in [1.82, 2.24) is 4.98 Å². The van der Waals surface area contributed by atoms with Crippen LogP contribution in [0.2, 0.25) is 5.02 Å². The lowest BCUT2D eigenvalue weighted by Gasteiger charge is -2.06. The third-order valence-corrected chi connectivity index (χ3v) is 3.67. The molecule has 1 heterocycles. The number of hydrogen-bond acceptors (Lipinski definition) is 2. The van der Waals surface area contributed by atoms with Gasteiger partial charge in [0.2, 0.25) is 5.91 Å². The molecule has 0 saturated heterocycles. The van der Waals surface area contributed by atoms with Gasteiger partial charge in [-0.3, -0.25) is 9.78 Å². The van der Waals surface area contributed by atoms with E-state index in [0.717, 1.165) is 22.3 Å². The molecule has 0 spiro atoms. The van der Waals surface area contributed by atoms with Crippen LogP contribution in [0, 0.1) is 0 Å². The Bertz CT molecular complexity index is 811. The highest BCUT2D eigenvalue weighted by Crippen LogP contribution is 2.26. The van der Waals surface area contributed by atoms with Gasteiger partial charge in [0.05, 0.1) is 0 Å². The third-order valence-electron chi connectivity index (χ3n) is 3.42. The van der Waals surface area contributed by atoms with Crippen LogP contribution in [0.4, 0.5) is 0 Å². The largest absolute Gasteiger partial charge is 0.366 e. The van der Waals surface area contributed by atoms with E-state index in [2.05, 4.69) is 11.1 Å². The Morgan fingerprint density at radius 1 is 0.818 bits per heavy atom. The molecule has 0 atom stereocenters. The number of carbonyl (C=O) groups is 1. The van der Waals surface area contributed by atoms with Crippen molar-refractivity contribution in [3.63, 3.8) is 0 Å². The predicted octanol–water partition coefficient (Wildman–Crippen LogP) is 4.17. The molecule has 3 rings (SSSR count). The zero-order valence-electron chi connectivity index (χ0n) is 11.7. The number of hydrogen-bond donors (Lipinski definition) is 1. The maximum atomic E-state index is 11.1. The van der Waals surface area contributed by atoms with E-state index in [9.17, 15) is 4.79 Å². The highest BCUT2D eigenvalue weighted by molar-refractivity contribution is 6.30. The Labute approximate surface area is 133 Å². The molecule has 1 amide bonds. The summed E-state index contributed by atoms with van der Waals surface area (Å²) in [5, 5.41) is 0.704. The number of nitrogens with zero attached hydrogens (tertiary/aromatic N) is 1. The number of primary amides is 1. The summed E-state index contributed by atoms with van der Waals surface area (Å²) >= 11 is 5.91. The smallest absolute Gasteiger partial charge is 0.248 e. The van der Waals surface area contributed by atoms with Crippen LogP contribution in [0.25, 0.3) is 22.3 Å².